The third-order valence-electron chi connectivity index (χ3n) is 5.00. The van der Waals surface area contributed by atoms with Crippen LogP contribution in [0.25, 0.3) is 11.0 Å². The molecule has 0 spiro atoms. The number of hydrogen-bond acceptors (Lipinski definition) is 5. The van der Waals surface area contributed by atoms with Gasteiger partial charge in [0.2, 0.25) is 0 Å². The monoisotopic (exact) mass is 351 g/mol. The van der Waals surface area contributed by atoms with Crippen LogP contribution in [-0.2, 0) is 4.74 Å². The topological polar surface area (TPSA) is 46.4 Å². The van der Waals surface area contributed by atoms with Crippen LogP contribution in [0.4, 0.5) is 5.69 Å². The largest absolute Gasteiger partial charge is 0.379 e. The molecule has 26 heavy (non-hydrogen) atoms. The Balaban J connectivity index is 1.71. The zero-order chi connectivity index (χ0) is 17.9. The van der Waals surface area contributed by atoms with Crippen LogP contribution in [-0.4, -0.2) is 66.8 Å². The predicted octanol–water partition coefficient (Wildman–Crippen LogP) is 2.42. The maximum absolute atomic E-state index is 5.51. The first kappa shape index (κ1) is 17.0. The molecule has 1 aromatic heterocycles. The van der Waals surface area contributed by atoms with Crippen LogP contribution in [0.1, 0.15) is 11.6 Å². The van der Waals surface area contributed by atoms with Gasteiger partial charge in [-0.25, -0.2) is 4.68 Å². The van der Waals surface area contributed by atoms with Gasteiger partial charge in [-0.05, 0) is 29.8 Å². The number of nitrogens with zero attached hydrogens (tertiary/aromatic N) is 5. The van der Waals surface area contributed by atoms with Crippen LogP contribution in [0.2, 0.25) is 0 Å². The highest BCUT2D eigenvalue weighted by atomic mass is 16.5. The molecule has 4 rings (SSSR count). The van der Waals surface area contributed by atoms with E-state index in [-0.39, 0.29) is 6.04 Å². The van der Waals surface area contributed by atoms with E-state index >= 15 is 0 Å². The summed E-state index contributed by atoms with van der Waals surface area (Å²) in [6.07, 6.45) is 0. The van der Waals surface area contributed by atoms with Gasteiger partial charge in [0.15, 0.2) is 0 Å². The summed E-state index contributed by atoms with van der Waals surface area (Å²) in [6, 6.07) is 17.0. The minimum atomic E-state index is 0.122. The summed E-state index contributed by atoms with van der Waals surface area (Å²) in [5.41, 5.74) is 4.45. The standard InChI is InChI=1S/C20H25N5O/c1-23(2)17-9-7-16(8-10-17)20(15-24-11-13-26-14-12-24)25-19-6-4-3-5-18(19)21-22-25/h3-10,20H,11-15H2,1-2H3. The molecule has 136 valence electrons. The van der Waals surface area contributed by atoms with Gasteiger partial charge in [-0.2, -0.15) is 0 Å². The van der Waals surface area contributed by atoms with Crippen molar-refractivity contribution < 1.29 is 4.74 Å². The summed E-state index contributed by atoms with van der Waals surface area (Å²) in [7, 11) is 4.12. The number of fused-ring (bicyclic) bond motifs is 1. The minimum Gasteiger partial charge on any atom is -0.379 e. The zero-order valence-electron chi connectivity index (χ0n) is 15.4. The third-order valence-corrected chi connectivity index (χ3v) is 5.00. The van der Waals surface area contributed by atoms with Crippen molar-refractivity contribution in [2.24, 2.45) is 0 Å². The van der Waals surface area contributed by atoms with Crippen LogP contribution >= 0.6 is 0 Å². The lowest BCUT2D eigenvalue weighted by molar-refractivity contribution is 0.0332. The number of benzene rings is 2. The SMILES string of the molecule is CN(C)c1ccc(C(CN2CCOCC2)n2nnc3ccccc32)cc1. The average Bonchev–Trinajstić information content (AvgIpc) is 3.11. The second-order valence-corrected chi connectivity index (χ2v) is 6.94. The molecule has 6 heteroatoms. The summed E-state index contributed by atoms with van der Waals surface area (Å²) in [4.78, 5) is 4.57. The fourth-order valence-corrected chi connectivity index (χ4v) is 3.46. The lowest BCUT2D eigenvalue weighted by atomic mass is 10.0. The first-order valence-electron chi connectivity index (χ1n) is 9.10. The number of para-hydroxylation sites is 1. The highest BCUT2D eigenvalue weighted by Gasteiger charge is 2.22. The molecule has 1 fully saturated rings. The number of hydrogen-bond donors (Lipinski definition) is 0. The molecule has 1 unspecified atom stereocenters. The summed E-state index contributed by atoms with van der Waals surface area (Å²) in [5, 5.41) is 8.86. The van der Waals surface area contributed by atoms with E-state index < -0.39 is 0 Å². The quantitative estimate of drug-likeness (QED) is 0.706. The Morgan fingerprint density at radius 2 is 1.77 bits per heavy atom. The van der Waals surface area contributed by atoms with Gasteiger partial charge >= 0.3 is 0 Å². The van der Waals surface area contributed by atoms with Crippen LogP contribution < -0.4 is 4.90 Å². The van der Waals surface area contributed by atoms with E-state index in [1.807, 2.05) is 18.2 Å². The molecule has 1 aliphatic heterocycles. The number of ether oxygens (including phenoxy) is 1. The van der Waals surface area contributed by atoms with E-state index in [0.29, 0.717) is 0 Å². The minimum absolute atomic E-state index is 0.122. The smallest absolute Gasteiger partial charge is 0.113 e. The van der Waals surface area contributed by atoms with E-state index in [1.165, 1.54) is 11.3 Å². The molecule has 1 aliphatic rings. The molecule has 0 amide bonds. The number of anilines is 1. The Hall–Kier alpha value is -2.44. The van der Waals surface area contributed by atoms with Crippen LogP contribution in [0, 0.1) is 0 Å². The Bertz CT molecular complexity index is 852. The summed E-state index contributed by atoms with van der Waals surface area (Å²) in [5.74, 6) is 0. The molecule has 0 aliphatic carbocycles. The molecular formula is C20H25N5O. The number of rotatable bonds is 5. The highest BCUT2D eigenvalue weighted by Crippen LogP contribution is 2.25. The first-order valence-corrected chi connectivity index (χ1v) is 9.10. The van der Waals surface area contributed by atoms with Gasteiger partial charge in [-0.3, -0.25) is 4.90 Å². The van der Waals surface area contributed by atoms with Crippen molar-refractivity contribution in [3.63, 3.8) is 0 Å². The van der Waals surface area contributed by atoms with Gasteiger partial charge in [0.1, 0.15) is 5.52 Å². The molecule has 0 N–H and O–H groups in total. The third kappa shape index (κ3) is 3.43. The van der Waals surface area contributed by atoms with Gasteiger partial charge in [-0.15, -0.1) is 5.10 Å². The zero-order valence-corrected chi connectivity index (χ0v) is 15.4. The fourth-order valence-electron chi connectivity index (χ4n) is 3.46. The molecule has 2 aromatic carbocycles. The summed E-state index contributed by atoms with van der Waals surface area (Å²) < 4.78 is 7.57. The molecule has 0 saturated carbocycles. The fraction of sp³-hybridized carbons (Fsp3) is 0.400. The lowest BCUT2D eigenvalue weighted by Crippen LogP contribution is -2.40. The van der Waals surface area contributed by atoms with Crippen molar-refractivity contribution in [1.29, 1.82) is 0 Å². The van der Waals surface area contributed by atoms with E-state index in [4.69, 9.17) is 4.74 Å². The van der Waals surface area contributed by atoms with Gasteiger partial charge in [-0.1, -0.05) is 29.5 Å². The van der Waals surface area contributed by atoms with E-state index in [2.05, 4.69) is 69.2 Å². The number of aromatic nitrogens is 3. The van der Waals surface area contributed by atoms with Crippen molar-refractivity contribution in [1.82, 2.24) is 19.9 Å². The maximum atomic E-state index is 5.51. The first-order chi connectivity index (χ1) is 12.7. The van der Waals surface area contributed by atoms with Crippen LogP contribution in [0.3, 0.4) is 0 Å². The van der Waals surface area contributed by atoms with Crippen molar-refractivity contribution in [3.8, 4) is 0 Å². The summed E-state index contributed by atoms with van der Waals surface area (Å²) in [6.45, 7) is 4.41. The van der Waals surface area contributed by atoms with Crippen molar-refractivity contribution >= 4 is 16.7 Å². The van der Waals surface area contributed by atoms with Gasteiger partial charge in [0.05, 0.1) is 24.8 Å². The Kier molecular flexibility index (Phi) is 4.86. The Morgan fingerprint density at radius 3 is 2.50 bits per heavy atom. The normalized spacial score (nSPS) is 16.7. The van der Waals surface area contributed by atoms with Gasteiger partial charge in [0.25, 0.3) is 0 Å². The van der Waals surface area contributed by atoms with Gasteiger partial charge in [0, 0.05) is 39.4 Å². The summed E-state index contributed by atoms with van der Waals surface area (Å²) >= 11 is 0. The molecule has 0 bridgehead atoms. The molecule has 1 atom stereocenters. The second kappa shape index (κ2) is 7.43. The molecule has 3 aromatic rings. The van der Waals surface area contributed by atoms with E-state index in [9.17, 15) is 0 Å². The van der Waals surface area contributed by atoms with Crippen molar-refractivity contribution in [3.05, 3.63) is 54.1 Å². The second-order valence-electron chi connectivity index (χ2n) is 6.94. The average molecular weight is 351 g/mol. The van der Waals surface area contributed by atoms with Crippen LogP contribution in [0.15, 0.2) is 48.5 Å². The predicted molar refractivity (Wildman–Crippen MR) is 104 cm³/mol. The molecular weight excluding hydrogens is 326 g/mol. The molecule has 2 heterocycles. The number of morpholine rings is 1. The van der Waals surface area contributed by atoms with Crippen molar-refractivity contribution in [2.45, 2.75) is 6.04 Å². The maximum Gasteiger partial charge on any atom is 0.113 e. The Morgan fingerprint density at radius 1 is 1.04 bits per heavy atom. The van der Waals surface area contributed by atoms with E-state index in [0.717, 1.165) is 43.9 Å². The molecule has 6 nitrogen and oxygen atoms in total. The molecule has 0 radical (unpaired) electrons. The van der Waals surface area contributed by atoms with Crippen molar-refractivity contribution in [2.75, 3.05) is 51.8 Å². The Labute approximate surface area is 154 Å². The lowest BCUT2D eigenvalue weighted by Gasteiger charge is -2.31. The van der Waals surface area contributed by atoms with Crippen LogP contribution in [0.5, 0.6) is 0 Å². The highest BCUT2D eigenvalue weighted by molar-refractivity contribution is 5.74. The van der Waals surface area contributed by atoms with Gasteiger partial charge < -0.3 is 9.64 Å². The van der Waals surface area contributed by atoms with E-state index in [1.54, 1.807) is 0 Å². The molecule has 1 saturated heterocycles.